The summed E-state index contributed by atoms with van der Waals surface area (Å²) in [6, 6.07) is 0.163. The van der Waals surface area contributed by atoms with Crippen molar-refractivity contribution in [3.8, 4) is 0 Å². The molecule has 1 aromatic rings. The number of aromatic amines is 2. The number of hydrogen-bond acceptors (Lipinski definition) is 4. The smallest absolute Gasteiger partial charge is 0.326 e. The Hall–Kier alpha value is -2.38. The van der Waals surface area contributed by atoms with Gasteiger partial charge in [-0.05, 0) is 6.42 Å². The fourth-order valence-electron chi connectivity index (χ4n) is 1.69. The highest BCUT2D eigenvalue weighted by atomic mass is 16.4. The lowest BCUT2D eigenvalue weighted by molar-refractivity contribution is -0.148. The van der Waals surface area contributed by atoms with Crippen LogP contribution in [0.2, 0.25) is 0 Å². The summed E-state index contributed by atoms with van der Waals surface area (Å²) >= 11 is 0. The fraction of sp³-hybridized carbons (Fsp3) is 0.455. The number of amides is 1. The van der Waals surface area contributed by atoms with Gasteiger partial charge < -0.3 is 15.0 Å². The first-order valence-electron chi connectivity index (χ1n) is 5.66. The first kappa shape index (κ1) is 14.7. The summed E-state index contributed by atoms with van der Waals surface area (Å²) in [5.41, 5.74) is -1.17. The van der Waals surface area contributed by atoms with Gasteiger partial charge in [0.05, 0.1) is 6.42 Å². The molecule has 1 aromatic heterocycles. The van der Waals surface area contributed by atoms with Gasteiger partial charge in [-0.15, -0.1) is 0 Å². The standard InChI is InChI=1S/C11H15N3O5/c1-3-7(10(17)18)14(2)9(16)5-6-4-8(15)13-11(19)12-6/h4,7H,3,5H2,1-2H3,(H,17,18)(H2,12,13,15,19). The molecule has 1 amide bonds. The van der Waals surface area contributed by atoms with Crippen LogP contribution in [0.5, 0.6) is 0 Å². The van der Waals surface area contributed by atoms with E-state index in [1.54, 1.807) is 6.92 Å². The summed E-state index contributed by atoms with van der Waals surface area (Å²) < 4.78 is 0. The van der Waals surface area contributed by atoms with E-state index < -0.39 is 29.2 Å². The summed E-state index contributed by atoms with van der Waals surface area (Å²) in [6.07, 6.45) is 0.0307. The topological polar surface area (TPSA) is 123 Å². The molecule has 0 bridgehead atoms. The van der Waals surface area contributed by atoms with E-state index in [-0.39, 0.29) is 18.5 Å². The molecule has 0 saturated carbocycles. The normalized spacial score (nSPS) is 11.9. The van der Waals surface area contributed by atoms with Gasteiger partial charge in [-0.3, -0.25) is 14.6 Å². The van der Waals surface area contributed by atoms with Crippen LogP contribution in [0.4, 0.5) is 0 Å². The molecule has 0 radical (unpaired) electrons. The van der Waals surface area contributed by atoms with E-state index in [0.29, 0.717) is 0 Å². The zero-order chi connectivity index (χ0) is 14.6. The third kappa shape index (κ3) is 3.80. The molecule has 19 heavy (non-hydrogen) atoms. The Bertz CT molecular complexity index is 560. The second-order valence-electron chi connectivity index (χ2n) is 4.06. The molecule has 0 aliphatic rings. The van der Waals surface area contributed by atoms with Gasteiger partial charge in [0.2, 0.25) is 5.91 Å². The maximum Gasteiger partial charge on any atom is 0.326 e. The third-order valence-electron chi connectivity index (χ3n) is 2.69. The van der Waals surface area contributed by atoms with E-state index in [9.17, 15) is 19.2 Å². The molecule has 1 heterocycles. The minimum absolute atomic E-state index is 0.144. The molecular formula is C11H15N3O5. The number of H-pyrrole nitrogens is 2. The molecule has 1 rings (SSSR count). The molecule has 104 valence electrons. The quantitative estimate of drug-likeness (QED) is 0.627. The van der Waals surface area contributed by atoms with Gasteiger partial charge >= 0.3 is 11.7 Å². The van der Waals surface area contributed by atoms with E-state index >= 15 is 0 Å². The van der Waals surface area contributed by atoms with E-state index in [2.05, 4.69) is 4.98 Å². The van der Waals surface area contributed by atoms with Gasteiger partial charge in [0, 0.05) is 18.8 Å². The first-order valence-corrected chi connectivity index (χ1v) is 5.66. The van der Waals surface area contributed by atoms with Crippen LogP contribution in [-0.4, -0.2) is 44.9 Å². The number of carboxylic acids is 1. The number of likely N-dealkylation sites (N-methyl/N-ethyl adjacent to an activating group) is 1. The number of aromatic nitrogens is 2. The lowest BCUT2D eigenvalue weighted by Crippen LogP contribution is -2.43. The van der Waals surface area contributed by atoms with Crippen molar-refractivity contribution in [2.75, 3.05) is 7.05 Å². The molecule has 1 unspecified atom stereocenters. The van der Waals surface area contributed by atoms with Crippen LogP contribution in [-0.2, 0) is 16.0 Å². The van der Waals surface area contributed by atoms with Gasteiger partial charge in [0.1, 0.15) is 6.04 Å². The summed E-state index contributed by atoms with van der Waals surface area (Å²) in [5.74, 6) is -1.59. The Kier molecular flexibility index (Phi) is 4.62. The van der Waals surface area contributed by atoms with Crippen molar-refractivity contribution in [2.24, 2.45) is 0 Å². The van der Waals surface area contributed by atoms with Crippen LogP contribution >= 0.6 is 0 Å². The third-order valence-corrected chi connectivity index (χ3v) is 2.69. The zero-order valence-electron chi connectivity index (χ0n) is 10.6. The monoisotopic (exact) mass is 269 g/mol. The minimum Gasteiger partial charge on any atom is -0.480 e. The van der Waals surface area contributed by atoms with Gasteiger partial charge in [-0.2, -0.15) is 0 Å². The number of carbonyl (C=O) groups excluding carboxylic acids is 1. The lowest BCUT2D eigenvalue weighted by Gasteiger charge is -2.23. The number of nitrogens with one attached hydrogen (secondary N) is 2. The number of carbonyl (C=O) groups is 2. The highest BCUT2D eigenvalue weighted by Gasteiger charge is 2.24. The number of hydrogen-bond donors (Lipinski definition) is 3. The second kappa shape index (κ2) is 5.98. The van der Waals surface area contributed by atoms with Crippen LogP contribution < -0.4 is 11.2 Å². The van der Waals surface area contributed by atoms with Crippen LogP contribution in [0.1, 0.15) is 19.0 Å². The molecule has 0 fully saturated rings. The average molecular weight is 269 g/mol. The van der Waals surface area contributed by atoms with Crippen molar-refractivity contribution in [3.63, 3.8) is 0 Å². The van der Waals surface area contributed by atoms with Crippen molar-refractivity contribution in [1.82, 2.24) is 14.9 Å². The molecule has 0 saturated heterocycles. The Balaban J connectivity index is 2.87. The number of nitrogens with zero attached hydrogens (tertiary/aromatic N) is 1. The summed E-state index contributed by atoms with van der Waals surface area (Å²) in [5, 5.41) is 8.94. The molecule has 1 atom stereocenters. The van der Waals surface area contributed by atoms with Crippen molar-refractivity contribution in [3.05, 3.63) is 32.6 Å². The molecule has 8 nitrogen and oxygen atoms in total. The van der Waals surface area contributed by atoms with E-state index in [4.69, 9.17) is 5.11 Å². The Morgan fingerprint density at radius 3 is 2.47 bits per heavy atom. The number of rotatable bonds is 5. The molecule has 0 aliphatic heterocycles. The van der Waals surface area contributed by atoms with Gasteiger partial charge in [-0.25, -0.2) is 9.59 Å². The Morgan fingerprint density at radius 1 is 1.37 bits per heavy atom. The van der Waals surface area contributed by atoms with Gasteiger partial charge in [0.25, 0.3) is 5.56 Å². The number of aliphatic carboxylic acids is 1. The average Bonchev–Trinajstić information content (AvgIpc) is 2.27. The van der Waals surface area contributed by atoms with Crippen LogP contribution in [0.25, 0.3) is 0 Å². The van der Waals surface area contributed by atoms with Crippen molar-refractivity contribution in [2.45, 2.75) is 25.8 Å². The predicted octanol–water partition coefficient (Wildman–Crippen LogP) is -1.07. The number of carboxylic acid groups (broad SMARTS) is 1. The Morgan fingerprint density at radius 2 is 2.00 bits per heavy atom. The SMILES string of the molecule is CCC(C(=O)O)N(C)C(=O)Cc1cc(=O)[nH]c(=O)[nH]1. The van der Waals surface area contributed by atoms with Crippen molar-refractivity contribution in [1.29, 1.82) is 0 Å². The highest BCUT2D eigenvalue weighted by molar-refractivity contribution is 5.84. The van der Waals surface area contributed by atoms with Crippen LogP contribution in [0, 0.1) is 0 Å². The summed E-state index contributed by atoms with van der Waals surface area (Å²) in [7, 11) is 1.37. The summed E-state index contributed by atoms with van der Waals surface area (Å²) in [4.78, 5) is 50.3. The molecule has 0 spiro atoms. The van der Waals surface area contributed by atoms with Crippen LogP contribution in [0.15, 0.2) is 15.7 Å². The molecule has 0 aromatic carbocycles. The molecular weight excluding hydrogens is 254 g/mol. The van der Waals surface area contributed by atoms with E-state index in [1.165, 1.54) is 7.05 Å². The van der Waals surface area contributed by atoms with Gasteiger partial charge in [0.15, 0.2) is 0 Å². The highest BCUT2D eigenvalue weighted by Crippen LogP contribution is 2.04. The second-order valence-corrected chi connectivity index (χ2v) is 4.06. The fourth-order valence-corrected chi connectivity index (χ4v) is 1.69. The van der Waals surface area contributed by atoms with Crippen molar-refractivity contribution < 1.29 is 14.7 Å². The lowest BCUT2D eigenvalue weighted by atomic mass is 10.2. The van der Waals surface area contributed by atoms with E-state index in [1.807, 2.05) is 4.98 Å². The zero-order valence-corrected chi connectivity index (χ0v) is 10.6. The Labute approximate surface area is 108 Å². The van der Waals surface area contributed by atoms with E-state index in [0.717, 1.165) is 11.0 Å². The maximum atomic E-state index is 11.9. The summed E-state index contributed by atoms with van der Waals surface area (Å²) in [6.45, 7) is 1.65. The molecule has 3 N–H and O–H groups in total. The van der Waals surface area contributed by atoms with Gasteiger partial charge in [-0.1, -0.05) is 6.92 Å². The molecule has 0 aliphatic carbocycles. The molecule has 8 heteroatoms. The minimum atomic E-state index is -1.10. The largest absolute Gasteiger partial charge is 0.480 e. The predicted molar refractivity (Wildman–Crippen MR) is 65.9 cm³/mol. The first-order chi connectivity index (χ1) is 8.85. The van der Waals surface area contributed by atoms with Crippen molar-refractivity contribution >= 4 is 11.9 Å². The van der Waals surface area contributed by atoms with Crippen LogP contribution in [0.3, 0.4) is 0 Å². The maximum absolute atomic E-state index is 11.9.